The first-order chi connectivity index (χ1) is 7.25. The Morgan fingerprint density at radius 2 is 2.27 bits per heavy atom. The number of carbonyl (C=O) groups excluding carboxylic acids is 1. The fraction of sp³-hybridized carbons (Fsp3) is 0.364. The summed E-state index contributed by atoms with van der Waals surface area (Å²) in [6, 6.07) is 7.61. The minimum atomic E-state index is 0.215. The minimum Gasteiger partial charge on any atom is -0.363 e. The number of anilines is 1. The van der Waals surface area contributed by atoms with Gasteiger partial charge < -0.3 is 10.2 Å². The Kier molecular flexibility index (Phi) is 3.23. The molecule has 0 radical (unpaired) electrons. The van der Waals surface area contributed by atoms with Gasteiger partial charge in [-0.3, -0.25) is 4.79 Å². The molecular weight excluding hydrogens is 212 g/mol. The zero-order chi connectivity index (χ0) is 10.7. The molecule has 1 aliphatic heterocycles. The summed E-state index contributed by atoms with van der Waals surface area (Å²) in [4.78, 5) is 13.5. The fourth-order valence-corrected chi connectivity index (χ4v) is 1.87. The number of nitrogens with zero attached hydrogens (tertiary/aromatic N) is 1. The second-order valence-corrected chi connectivity index (χ2v) is 4.05. The molecule has 4 heteroatoms. The Labute approximate surface area is 94.0 Å². The second-order valence-electron chi connectivity index (χ2n) is 3.62. The number of rotatable bonds is 1. The van der Waals surface area contributed by atoms with Crippen LogP contribution in [0.15, 0.2) is 24.3 Å². The number of Topliss-reactive ketones (excluding diaryl/α,β-unsaturated/α-hetero) is 1. The van der Waals surface area contributed by atoms with E-state index in [1.165, 1.54) is 0 Å². The first kappa shape index (κ1) is 10.5. The van der Waals surface area contributed by atoms with Crippen molar-refractivity contribution in [1.82, 2.24) is 5.32 Å². The lowest BCUT2D eigenvalue weighted by Crippen LogP contribution is -2.29. The molecule has 15 heavy (non-hydrogen) atoms. The average molecular weight is 225 g/mol. The van der Waals surface area contributed by atoms with Gasteiger partial charge in [-0.2, -0.15) is 0 Å². The topological polar surface area (TPSA) is 32.3 Å². The van der Waals surface area contributed by atoms with E-state index in [4.69, 9.17) is 11.6 Å². The molecule has 1 fully saturated rings. The largest absolute Gasteiger partial charge is 0.363 e. The fourth-order valence-electron chi connectivity index (χ4n) is 1.68. The highest BCUT2D eigenvalue weighted by Gasteiger charge is 2.14. The Morgan fingerprint density at radius 1 is 1.40 bits per heavy atom. The minimum absolute atomic E-state index is 0.215. The molecular formula is C11H13ClN2O. The van der Waals surface area contributed by atoms with Crippen LogP contribution in [0, 0.1) is 0 Å². The number of hydrogen-bond acceptors (Lipinski definition) is 3. The van der Waals surface area contributed by atoms with Crippen LogP contribution < -0.4 is 10.2 Å². The molecule has 1 aromatic rings. The predicted molar refractivity (Wildman–Crippen MR) is 61.5 cm³/mol. The Hall–Kier alpha value is -1.06. The molecule has 0 unspecified atom stereocenters. The van der Waals surface area contributed by atoms with Crippen molar-refractivity contribution in [3.63, 3.8) is 0 Å². The van der Waals surface area contributed by atoms with Crippen molar-refractivity contribution in [3.8, 4) is 0 Å². The first-order valence-electron chi connectivity index (χ1n) is 4.98. The number of benzene rings is 1. The number of nitrogens with one attached hydrogen (secondary N) is 1. The highest BCUT2D eigenvalue weighted by atomic mass is 35.5. The van der Waals surface area contributed by atoms with Gasteiger partial charge in [-0.25, -0.2) is 0 Å². The molecule has 0 amide bonds. The van der Waals surface area contributed by atoms with Gasteiger partial charge in [-0.05, 0) is 18.2 Å². The van der Waals surface area contributed by atoms with Gasteiger partial charge in [0.15, 0.2) is 5.78 Å². The quantitative estimate of drug-likeness (QED) is 0.781. The van der Waals surface area contributed by atoms with E-state index in [9.17, 15) is 4.79 Å². The third kappa shape index (κ3) is 2.70. The van der Waals surface area contributed by atoms with E-state index < -0.39 is 0 Å². The van der Waals surface area contributed by atoms with Crippen molar-refractivity contribution in [3.05, 3.63) is 29.3 Å². The normalized spacial score (nSPS) is 17.7. The molecule has 1 heterocycles. The molecule has 0 aromatic heterocycles. The molecule has 80 valence electrons. The maximum absolute atomic E-state index is 11.4. The maximum atomic E-state index is 11.4. The predicted octanol–water partition coefficient (Wildman–Crippen LogP) is 1.32. The van der Waals surface area contributed by atoms with Crippen LogP contribution in [-0.4, -0.2) is 32.0 Å². The highest BCUT2D eigenvalue weighted by molar-refractivity contribution is 6.30. The SMILES string of the molecule is O=C1CNCCN(c2cccc(Cl)c2)C1. The summed E-state index contributed by atoms with van der Waals surface area (Å²) in [5, 5.41) is 3.79. The van der Waals surface area contributed by atoms with Crippen LogP contribution >= 0.6 is 11.6 Å². The average Bonchev–Trinajstić information content (AvgIpc) is 2.43. The summed E-state index contributed by atoms with van der Waals surface area (Å²) in [5.41, 5.74) is 1.01. The lowest BCUT2D eigenvalue weighted by atomic mass is 10.2. The Balaban J connectivity index is 2.18. The lowest BCUT2D eigenvalue weighted by Gasteiger charge is -2.21. The number of halogens is 1. The van der Waals surface area contributed by atoms with Crippen LogP contribution in [0.2, 0.25) is 5.02 Å². The van der Waals surface area contributed by atoms with E-state index in [0.717, 1.165) is 18.8 Å². The third-order valence-electron chi connectivity index (χ3n) is 2.42. The van der Waals surface area contributed by atoms with Gasteiger partial charge in [0.05, 0.1) is 13.1 Å². The lowest BCUT2D eigenvalue weighted by molar-refractivity contribution is -0.116. The van der Waals surface area contributed by atoms with E-state index in [0.29, 0.717) is 18.1 Å². The first-order valence-corrected chi connectivity index (χ1v) is 5.36. The van der Waals surface area contributed by atoms with E-state index >= 15 is 0 Å². The zero-order valence-corrected chi connectivity index (χ0v) is 9.13. The van der Waals surface area contributed by atoms with Crippen molar-refractivity contribution in [2.24, 2.45) is 0 Å². The summed E-state index contributed by atoms with van der Waals surface area (Å²) < 4.78 is 0. The number of carbonyl (C=O) groups is 1. The summed E-state index contributed by atoms with van der Waals surface area (Å²) in [6.45, 7) is 2.61. The van der Waals surface area contributed by atoms with Crippen molar-refractivity contribution in [2.75, 3.05) is 31.1 Å². The number of hydrogen-bond donors (Lipinski definition) is 1. The Bertz CT molecular complexity index is 367. The van der Waals surface area contributed by atoms with Crippen LogP contribution in [0.4, 0.5) is 5.69 Å². The van der Waals surface area contributed by atoms with E-state index in [2.05, 4.69) is 5.32 Å². The van der Waals surface area contributed by atoms with Crippen LogP contribution in [0.1, 0.15) is 0 Å². The van der Waals surface area contributed by atoms with Crippen LogP contribution in [-0.2, 0) is 4.79 Å². The molecule has 0 aliphatic carbocycles. The van der Waals surface area contributed by atoms with Gasteiger partial charge in [0.2, 0.25) is 0 Å². The zero-order valence-electron chi connectivity index (χ0n) is 8.37. The van der Waals surface area contributed by atoms with Gasteiger partial charge in [0.25, 0.3) is 0 Å². The summed E-state index contributed by atoms with van der Waals surface area (Å²) in [7, 11) is 0. The summed E-state index contributed by atoms with van der Waals surface area (Å²) in [6.07, 6.45) is 0. The Morgan fingerprint density at radius 3 is 3.07 bits per heavy atom. The van der Waals surface area contributed by atoms with Gasteiger partial charge in [0, 0.05) is 23.8 Å². The van der Waals surface area contributed by atoms with Gasteiger partial charge in [0.1, 0.15) is 0 Å². The smallest absolute Gasteiger partial charge is 0.165 e. The molecule has 0 bridgehead atoms. The van der Waals surface area contributed by atoms with Gasteiger partial charge in [-0.15, -0.1) is 0 Å². The highest BCUT2D eigenvalue weighted by Crippen LogP contribution is 2.19. The molecule has 1 N–H and O–H groups in total. The molecule has 0 saturated carbocycles. The molecule has 3 nitrogen and oxygen atoms in total. The van der Waals surface area contributed by atoms with Crippen molar-refractivity contribution >= 4 is 23.1 Å². The summed E-state index contributed by atoms with van der Waals surface area (Å²) >= 11 is 5.91. The van der Waals surface area contributed by atoms with Crippen LogP contribution in [0.5, 0.6) is 0 Å². The molecule has 1 aliphatic rings. The molecule has 0 spiro atoms. The molecule has 0 atom stereocenters. The van der Waals surface area contributed by atoms with Crippen molar-refractivity contribution < 1.29 is 4.79 Å². The summed E-state index contributed by atoms with van der Waals surface area (Å²) in [5.74, 6) is 0.215. The van der Waals surface area contributed by atoms with Crippen LogP contribution in [0.3, 0.4) is 0 Å². The standard InChI is InChI=1S/C11H13ClN2O/c12-9-2-1-3-10(6-9)14-5-4-13-7-11(15)8-14/h1-3,6,13H,4-5,7-8H2. The van der Waals surface area contributed by atoms with E-state index in [1.54, 1.807) is 0 Å². The van der Waals surface area contributed by atoms with Gasteiger partial charge in [-0.1, -0.05) is 17.7 Å². The van der Waals surface area contributed by atoms with E-state index in [1.807, 2.05) is 29.2 Å². The van der Waals surface area contributed by atoms with Gasteiger partial charge >= 0.3 is 0 Å². The van der Waals surface area contributed by atoms with Crippen molar-refractivity contribution in [2.45, 2.75) is 0 Å². The van der Waals surface area contributed by atoms with Crippen LogP contribution in [0.25, 0.3) is 0 Å². The van der Waals surface area contributed by atoms with Crippen molar-refractivity contribution in [1.29, 1.82) is 0 Å². The maximum Gasteiger partial charge on any atom is 0.165 e. The molecule has 2 rings (SSSR count). The van der Waals surface area contributed by atoms with E-state index in [-0.39, 0.29) is 5.78 Å². The molecule has 1 aromatic carbocycles. The third-order valence-corrected chi connectivity index (χ3v) is 2.66. The molecule has 1 saturated heterocycles. The second kappa shape index (κ2) is 4.64. The number of ketones is 1. The monoisotopic (exact) mass is 224 g/mol.